The minimum Gasteiger partial charge on any atom is -0.251 e. The third-order valence-corrected chi connectivity index (χ3v) is 12.8. The van der Waals surface area contributed by atoms with Crippen molar-refractivity contribution in [3.8, 4) is 33.6 Å². The molecule has 0 unspecified atom stereocenters. The summed E-state index contributed by atoms with van der Waals surface area (Å²) in [5, 5.41) is 4.49. The van der Waals surface area contributed by atoms with Gasteiger partial charge >= 0.3 is 0 Å². The molecular formula is C55H42N4. The molecule has 4 heterocycles. The smallest absolute Gasteiger partial charge is 0.0972 e. The number of aryl methyl sites for hydroxylation is 6. The molecule has 0 saturated heterocycles. The van der Waals surface area contributed by atoms with Crippen LogP contribution in [0, 0.1) is 41.5 Å². The highest BCUT2D eigenvalue weighted by Gasteiger charge is 2.46. The Bertz CT molecular complexity index is 3190. The van der Waals surface area contributed by atoms with E-state index in [4.69, 9.17) is 19.9 Å². The van der Waals surface area contributed by atoms with Gasteiger partial charge in [0.15, 0.2) is 0 Å². The van der Waals surface area contributed by atoms with Crippen LogP contribution < -0.4 is 0 Å². The van der Waals surface area contributed by atoms with Gasteiger partial charge < -0.3 is 0 Å². The Labute approximate surface area is 344 Å². The Morgan fingerprint density at radius 2 is 0.763 bits per heavy atom. The van der Waals surface area contributed by atoms with E-state index < -0.39 is 5.41 Å². The van der Waals surface area contributed by atoms with Crippen molar-refractivity contribution in [3.63, 3.8) is 0 Å². The van der Waals surface area contributed by atoms with E-state index in [1.807, 2.05) is 0 Å². The van der Waals surface area contributed by atoms with E-state index in [1.54, 1.807) is 0 Å². The van der Waals surface area contributed by atoms with E-state index in [9.17, 15) is 0 Å². The largest absolute Gasteiger partial charge is 0.251 e. The highest BCUT2D eigenvalue weighted by atomic mass is 14.8. The fourth-order valence-corrected chi connectivity index (χ4v) is 10.1. The molecular weight excluding hydrogens is 717 g/mol. The lowest BCUT2D eigenvalue weighted by Gasteiger charge is -2.35. The maximum Gasteiger partial charge on any atom is 0.0972 e. The van der Waals surface area contributed by atoms with Crippen LogP contribution in [-0.4, -0.2) is 19.9 Å². The van der Waals surface area contributed by atoms with Crippen LogP contribution in [0.1, 0.15) is 55.9 Å². The zero-order valence-corrected chi connectivity index (χ0v) is 34.1. The fraction of sp³-hybridized carbons (Fsp3) is 0.127. The molecule has 10 aromatic rings. The molecule has 0 N–H and O–H groups in total. The summed E-state index contributed by atoms with van der Waals surface area (Å²) in [7, 11) is 0. The van der Waals surface area contributed by atoms with Crippen LogP contribution in [0.2, 0.25) is 0 Å². The summed E-state index contributed by atoms with van der Waals surface area (Å²) in [6.45, 7) is 12.9. The summed E-state index contributed by atoms with van der Waals surface area (Å²) >= 11 is 0. The van der Waals surface area contributed by atoms with Gasteiger partial charge in [0.1, 0.15) is 0 Å². The Morgan fingerprint density at radius 3 is 1.20 bits per heavy atom. The monoisotopic (exact) mass is 758 g/mol. The molecule has 0 saturated carbocycles. The summed E-state index contributed by atoms with van der Waals surface area (Å²) in [6.07, 6.45) is 0. The third-order valence-electron chi connectivity index (χ3n) is 12.8. The number of aromatic nitrogens is 4. The second-order valence-corrected chi connectivity index (χ2v) is 16.5. The molecule has 1 aliphatic rings. The van der Waals surface area contributed by atoms with Crippen molar-refractivity contribution < 1.29 is 0 Å². The molecule has 0 aliphatic heterocycles. The van der Waals surface area contributed by atoms with E-state index in [2.05, 4.69) is 187 Å². The molecule has 282 valence electrons. The Balaban J connectivity index is 1.09. The number of nitrogens with zero attached hydrogens (tertiary/aromatic N) is 4. The zero-order chi connectivity index (χ0) is 40.2. The van der Waals surface area contributed by atoms with Crippen LogP contribution in [0.5, 0.6) is 0 Å². The molecule has 0 bridgehead atoms. The molecule has 59 heavy (non-hydrogen) atoms. The third kappa shape index (κ3) is 5.22. The second kappa shape index (κ2) is 13.0. The minimum atomic E-state index is -0.544. The second-order valence-electron chi connectivity index (χ2n) is 16.5. The summed E-state index contributed by atoms with van der Waals surface area (Å²) in [5.74, 6) is 0. The quantitative estimate of drug-likeness (QED) is 0.168. The zero-order valence-electron chi connectivity index (χ0n) is 34.1. The molecule has 0 spiro atoms. The highest BCUT2D eigenvalue weighted by Crippen LogP contribution is 2.56. The van der Waals surface area contributed by atoms with Crippen molar-refractivity contribution in [2.24, 2.45) is 0 Å². The lowest BCUT2D eigenvalue weighted by Crippen LogP contribution is -2.29. The number of rotatable bonds is 4. The van der Waals surface area contributed by atoms with Crippen molar-refractivity contribution in [3.05, 3.63) is 201 Å². The number of pyridine rings is 4. The molecule has 4 aromatic heterocycles. The van der Waals surface area contributed by atoms with Gasteiger partial charge in [0.05, 0.1) is 38.9 Å². The first kappa shape index (κ1) is 35.1. The van der Waals surface area contributed by atoms with Crippen molar-refractivity contribution in [1.29, 1.82) is 0 Å². The predicted molar refractivity (Wildman–Crippen MR) is 244 cm³/mol. The summed E-state index contributed by atoms with van der Waals surface area (Å²) < 4.78 is 0. The highest BCUT2D eigenvalue weighted by molar-refractivity contribution is 6.05. The van der Waals surface area contributed by atoms with E-state index in [0.717, 1.165) is 77.5 Å². The van der Waals surface area contributed by atoms with E-state index >= 15 is 0 Å². The fourth-order valence-electron chi connectivity index (χ4n) is 10.1. The standard InChI is InChI=1S/C55H42N4/c1-31-27-35(5)56-53-43(31)21-15-37-17-25-49(58-51(37)53)41-23-19-39(29-33(41)3)55(47-13-9-7-11-45(47)46-12-8-10-14-48(46)55)40-20-24-42(34(4)30-40)50-26-18-38-16-22-44-32(2)28-36(6)57-54(44)52(38)59-50/h7-30H,1-6H3. The predicted octanol–water partition coefficient (Wildman–Crippen LogP) is 13.4. The maximum absolute atomic E-state index is 5.31. The van der Waals surface area contributed by atoms with Gasteiger partial charge in [-0.15, -0.1) is 0 Å². The van der Waals surface area contributed by atoms with Crippen LogP contribution in [0.15, 0.2) is 146 Å². The average Bonchev–Trinajstić information content (AvgIpc) is 3.54. The van der Waals surface area contributed by atoms with Gasteiger partial charge in [-0.2, -0.15) is 0 Å². The van der Waals surface area contributed by atoms with Crippen LogP contribution >= 0.6 is 0 Å². The van der Waals surface area contributed by atoms with Crippen molar-refractivity contribution in [2.75, 3.05) is 0 Å². The lowest BCUT2D eigenvalue weighted by atomic mass is 9.67. The molecule has 0 atom stereocenters. The summed E-state index contributed by atoms with van der Waals surface area (Å²) in [5.41, 5.74) is 21.8. The Morgan fingerprint density at radius 1 is 0.339 bits per heavy atom. The van der Waals surface area contributed by atoms with Crippen molar-refractivity contribution in [2.45, 2.75) is 47.0 Å². The normalized spacial score (nSPS) is 13.1. The first-order valence-corrected chi connectivity index (χ1v) is 20.5. The number of hydrogen-bond acceptors (Lipinski definition) is 4. The molecule has 1 aliphatic carbocycles. The number of fused-ring (bicyclic) bond motifs is 9. The molecule has 4 heteroatoms. The van der Waals surface area contributed by atoms with E-state index in [0.29, 0.717) is 0 Å². The molecule has 11 rings (SSSR count). The molecule has 6 aromatic carbocycles. The van der Waals surface area contributed by atoms with Crippen molar-refractivity contribution in [1.82, 2.24) is 19.9 Å². The minimum absolute atomic E-state index is 0.544. The average molecular weight is 759 g/mol. The van der Waals surface area contributed by atoms with Crippen LogP contribution in [0.3, 0.4) is 0 Å². The Kier molecular flexibility index (Phi) is 7.74. The van der Waals surface area contributed by atoms with Crippen LogP contribution in [0.25, 0.3) is 77.3 Å². The molecule has 0 radical (unpaired) electrons. The van der Waals surface area contributed by atoms with Gasteiger partial charge in [0.25, 0.3) is 0 Å². The van der Waals surface area contributed by atoms with E-state index in [-0.39, 0.29) is 0 Å². The SMILES string of the molecule is Cc1cc(C)c2ccc3ccc(-c4ccc(C5(c6ccc(-c7ccc8ccc9c(C)cc(C)nc9c8n7)c(C)c6)c6ccccc6-c6ccccc65)cc4C)nc3c2n1. The Hall–Kier alpha value is -7.04. The van der Waals surface area contributed by atoms with Gasteiger partial charge in [-0.05, 0) is 121 Å². The van der Waals surface area contributed by atoms with Gasteiger partial charge in [-0.3, -0.25) is 9.97 Å². The van der Waals surface area contributed by atoms with Crippen molar-refractivity contribution >= 4 is 43.6 Å². The molecule has 4 nitrogen and oxygen atoms in total. The first-order chi connectivity index (χ1) is 28.7. The van der Waals surface area contributed by atoms with Gasteiger partial charge in [0.2, 0.25) is 0 Å². The van der Waals surface area contributed by atoms with Crippen LogP contribution in [-0.2, 0) is 5.41 Å². The van der Waals surface area contributed by atoms with Gasteiger partial charge in [0, 0.05) is 44.1 Å². The molecule has 0 amide bonds. The van der Waals surface area contributed by atoms with E-state index in [1.165, 1.54) is 55.6 Å². The maximum atomic E-state index is 5.31. The lowest BCUT2D eigenvalue weighted by molar-refractivity contribution is 0.766. The van der Waals surface area contributed by atoms with Gasteiger partial charge in [-0.1, -0.05) is 121 Å². The summed E-state index contributed by atoms with van der Waals surface area (Å²) in [4.78, 5) is 20.6. The van der Waals surface area contributed by atoms with Gasteiger partial charge in [-0.25, -0.2) is 9.97 Å². The number of hydrogen-bond donors (Lipinski definition) is 0. The first-order valence-electron chi connectivity index (χ1n) is 20.5. The summed E-state index contributed by atoms with van der Waals surface area (Å²) in [6, 6.07) is 53.5. The topological polar surface area (TPSA) is 51.6 Å². The van der Waals surface area contributed by atoms with Crippen LogP contribution in [0.4, 0.5) is 0 Å². The molecule has 0 fully saturated rings. The number of benzene rings is 6.